The summed E-state index contributed by atoms with van der Waals surface area (Å²) in [5.74, 6) is 0.407. The van der Waals surface area contributed by atoms with Gasteiger partial charge in [-0.3, -0.25) is 9.36 Å². The number of aromatic nitrogens is 3. The number of carbonyl (C=O) groups excluding carboxylic acids is 1. The van der Waals surface area contributed by atoms with Crippen LogP contribution >= 0.6 is 11.8 Å². The molecule has 27 heavy (non-hydrogen) atoms. The molecule has 2 atom stereocenters. The predicted octanol–water partition coefficient (Wildman–Crippen LogP) is 3.02. The number of amides is 1. The van der Waals surface area contributed by atoms with E-state index in [4.69, 9.17) is 4.74 Å². The van der Waals surface area contributed by atoms with E-state index in [1.165, 1.54) is 23.9 Å². The number of thioether (sulfide) groups is 1. The van der Waals surface area contributed by atoms with E-state index in [-0.39, 0.29) is 23.1 Å². The van der Waals surface area contributed by atoms with Crippen molar-refractivity contribution in [3.8, 4) is 11.4 Å². The van der Waals surface area contributed by atoms with Crippen molar-refractivity contribution >= 4 is 17.7 Å². The fourth-order valence-electron chi connectivity index (χ4n) is 3.10. The molecule has 1 aromatic heterocycles. The van der Waals surface area contributed by atoms with Crippen molar-refractivity contribution in [2.45, 2.75) is 61.7 Å². The molecule has 0 bridgehead atoms. The number of hydrogen-bond acceptors (Lipinski definition) is 5. The first kappa shape index (κ1) is 18.4. The number of benzene rings is 1. The van der Waals surface area contributed by atoms with Gasteiger partial charge in [0.2, 0.25) is 5.91 Å². The summed E-state index contributed by atoms with van der Waals surface area (Å²) in [6.07, 6.45) is 4.26. The Morgan fingerprint density at radius 2 is 2.11 bits per heavy atom. The lowest BCUT2D eigenvalue weighted by Crippen LogP contribution is -2.32. The van der Waals surface area contributed by atoms with Crippen molar-refractivity contribution in [1.82, 2.24) is 20.1 Å². The van der Waals surface area contributed by atoms with Crippen LogP contribution in [0.5, 0.6) is 0 Å². The summed E-state index contributed by atoms with van der Waals surface area (Å²) in [5.41, 5.74) is 0.795. The molecule has 1 aliphatic heterocycles. The maximum atomic E-state index is 13.3. The molecule has 0 radical (unpaired) electrons. The Bertz CT molecular complexity index is 801. The van der Waals surface area contributed by atoms with Gasteiger partial charge in [0.15, 0.2) is 11.0 Å². The molecule has 144 valence electrons. The quantitative estimate of drug-likeness (QED) is 0.736. The third kappa shape index (κ3) is 4.50. The molecule has 2 aliphatic rings. The lowest BCUT2D eigenvalue weighted by atomic mass is 10.2. The monoisotopic (exact) mass is 390 g/mol. The molecule has 0 spiro atoms. The number of ether oxygens (including phenoxy) is 1. The minimum absolute atomic E-state index is 0.0255. The maximum absolute atomic E-state index is 13.3. The third-order valence-corrected chi connectivity index (χ3v) is 5.89. The van der Waals surface area contributed by atoms with Gasteiger partial charge in [-0.2, -0.15) is 0 Å². The molecule has 1 N–H and O–H groups in total. The molecule has 1 amide bonds. The van der Waals surface area contributed by atoms with E-state index in [9.17, 15) is 9.18 Å². The van der Waals surface area contributed by atoms with Crippen LogP contribution in [-0.2, 0) is 16.1 Å². The zero-order valence-corrected chi connectivity index (χ0v) is 16.0. The van der Waals surface area contributed by atoms with E-state index in [1.807, 2.05) is 11.5 Å². The molecule has 8 heteroatoms. The molecular weight excluding hydrogens is 367 g/mol. The minimum atomic E-state index is -0.288. The normalized spacial score (nSPS) is 20.6. The van der Waals surface area contributed by atoms with Gasteiger partial charge < -0.3 is 10.1 Å². The van der Waals surface area contributed by atoms with Crippen molar-refractivity contribution in [3.63, 3.8) is 0 Å². The van der Waals surface area contributed by atoms with Crippen LogP contribution in [0.3, 0.4) is 0 Å². The van der Waals surface area contributed by atoms with Crippen molar-refractivity contribution in [1.29, 1.82) is 0 Å². The summed E-state index contributed by atoms with van der Waals surface area (Å²) in [6.45, 7) is 3.27. The lowest BCUT2D eigenvalue weighted by molar-refractivity contribution is -0.120. The molecule has 2 aromatic rings. The van der Waals surface area contributed by atoms with E-state index in [1.54, 1.807) is 12.1 Å². The average molecular weight is 390 g/mol. The van der Waals surface area contributed by atoms with Crippen LogP contribution in [0.4, 0.5) is 4.39 Å². The van der Waals surface area contributed by atoms with Crippen LogP contribution in [0.15, 0.2) is 29.4 Å². The van der Waals surface area contributed by atoms with E-state index in [2.05, 4.69) is 15.5 Å². The molecule has 4 rings (SSSR count). The molecule has 6 nitrogen and oxygen atoms in total. The Kier molecular flexibility index (Phi) is 5.45. The molecule has 0 unspecified atom stereocenters. The fourth-order valence-corrected chi connectivity index (χ4v) is 3.97. The number of carbonyl (C=O) groups is 1. The summed E-state index contributed by atoms with van der Waals surface area (Å²) in [6, 6.07) is 6.56. The van der Waals surface area contributed by atoms with Crippen LogP contribution in [0.2, 0.25) is 0 Å². The van der Waals surface area contributed by atoms with Crippen LogP contribution in [0.25, 0.3) is 11.4 Å². The lowest BCUT2D eigenvalue weighted by Gasteiger charge is -2.16. The number of nitrogens with zero attached hydrogens (tertiary/aromatic N) is 3. The van der Waals surface area contributed by atoms with Crippen LogP contribution in [0.1, 0.15) is 32.6 Å². The van der Waals surface area contributed by atoms with Gasteiger partial charge in [-0.15, -0.1) is 10.2 Å². The highest BCUT2D eigenvalue weighted by Crippen LogP contribution is 2.29. The van der Waals surface area contributed by atoms with Gasteiger partial charge in [0.05, 0.1) is 17.9 Å². The number of halogens is 1. The van der Waals surface area contributed by atoms with Gasteiger partial charge in [-0.1, -0.05) is 11.8 Å². The summed E-state index contributed by atoms with van der Waals surface area (Å²) in [7, 11) is 0. The Morgan fingerprint density at radius 3 is 2.78 bits per heavy atom. The first-order valence-electron chi connectivity index (χ1n) is 9.38. The van der Waals surface area contributed by atoms with Crippen LogP contribution < -0.4 is 5.32 Å². The number of rotatable bonds is 7. The van der Waals surface area contributed by atoms with Crippen molar-refractivity contribution < 1.29 is 13.9 Å². The maximum Gasteiger partial charge on any atom is 0.233 e. The van der Waals surface area contributed by atoms with Crippen molar-refractivity contribution in [2.75, 3.05) is 6.61 Å². The molecule has 2 fully saturated rings. The van der Waals surface area contributed by atoms with E-state index >= 15 is 0 Å². The summed E-state index contributed by atoms with van der Waals surface area (Å²) >= 11 is 1.40. The largest absolute Gasteiger partial charge is 0.376 e. The van der Waals surface area contributed by atoms with E-state index in [0.29, 0.717) is 23.6 Å². The van der Waals surface area contributed by atoms with Gasteiger partial charge in [0.25, 0.3) is 0 Å². The molecule has 1 saturated carbocycles. The zero-order chi connectivity index (χ0) is 18.8. The number of hydrogen-bond donors (Lipinski definition) is 1. The highest BCUT2D eigenvalue weighted by Gasteiger charge is 2.28. The predicted molar refractivity (Wildman–Crippen MR) is 101 cm³/mol. The molecule has 2 heterocycles. The SMILES string of the molecule is C[C@H](Sc1nnc(-c2ccc(F)cc2)n1C[C@@H]1CCCO1)C(=O)NC1CC1. The second kappa shape index (κ2) is 7.98. The topological polar surface area (TPSA) is 69.0 Å². The molecule has 1 saturated heterocycles. The smallest absolute Gasteiger partial charge is 0.233 e. The summed E-state index contributed by atoms with van der Waals surface area (Å²) in [5, 5.41) is 12.1. The van der Waals surface area contributed by atoms with Gasteiger partial charge in [0, 0.05) is 18.2 Å². The van der Waals surface area contributed by atoms with Crippen LogP contribution in [0, 0.1) is 5.82 Å². The zero-order valence-electron chi connectivity index (χ0n) is 15.2. The Balaban J connectivity index is 1.57. The standard InChI is InChI=1S/C19H23FN4O2S/c1-12(18(25)21-15-8-9-15)27-19-23-22-17(13-4-6-14(20)7-5-13)24(19)11-16-3-2-10-26-16/h4-7,12,15-16H,2-3,8-11H2,1H3,(H,21,25)/t12-,16-/m0/s1. The Labute approximate surface area is 161 Å². The first-order valence-corrected chi connectivity index (χ1v) is 10.3. The summed E-state index contributed by atoms with van der Waals surface area (Å²) < 4.78 is 21.1. The molecule has 1 aromatic carbocycles. The van der Waals surface area contributed by atoms with Crippen molar-refractivity contribution in [3.05, 3.63) is 30.1 Å². The van der Waals surface area contributed by atoms with Crippen molar-refractivity contribution in [2.24, 2.45) is 0 Å². The molecule has 1 aliphatic carbocycles. The van der Waals surface area contributed by atoms with Crippen LogP contribution in [-0.4, -0.2) is 44.7 Å². The third-order valence-electron chi connectivity index (χ3n) is 4.80. The van der Waals surface area contributed by atoms with E-state index in [0.717, 1.165) is 37.9 Å². The molecular formula is C19H23FN4O2S. The highest BCUT2D eigenvalue weighted by atomic mass is 32.2. The highest BCUT2D eigenvalue weighted by molar-refractivity contribution is 8.00. The van der Waals surface area contributed by atoms with Gasteiger partial charge in [0.1, 0.15) is 5.82 Å². The van der Waals surface area contributed by atoms with Gasteiger partial charge >= 0.3 is 0 Å². The van der Waals surface area contributed by atoms with Gasteiger partial charge in [-0.25, -0.2) is 4.39 Å². The first-order chi connectivity index (χ1) is 13.1. The second-order valence-electron chi connectivity index (χ2n) is 7.10. The minimum Gasteiger partial charge on any atom is -0.376 e. The summed E-state index contributed by atoms with van der Waals surface area (Å²) in [4.78, 5) is 12.3. The average Bonchev–Trinajstić information content (AvgIpc) is 3.16. The van der Waals surface area contributed by atoms with Gasteiger partial charge in [-0.05, 0) is 56.9 Å². The Hall–Kier alpha value is -1.93. The second-order valence-corrected chi connectivity index (χ2v) is 8.41. The number of nitrogens with one attached hydrogen (secondary N) is 1. The fraction of sp³-hybridized carbons (Fsp3) is 0.526. The Morgan fingerprint density at radius 1 is 1.33 bits per heavy atom. The van der Waals surface area contributed by atoms with E-state index < -0.39 is 0 Å².